The van der Waals surface area contributed by atoms with Crippen molar-refractivity contribution in [1.82, 2.24) is 25.0 Å². The number of carbonyl (C=O) groups excluding carboxylic acids is 1. The quantitative estimate of drug-likeness (QED) is 0.649. The van der Waals surface area contributed by atoms with Gasteiger partial charge in [-0.3, -0.25) is 9.48 Å². The summed E-state index contributed by atoms with van der Waals surface area (Å²) in [6.45, 7) is 8.56. The molecule has 1 amide bonds. The van der Waals surface area contributed by atoms with Gasteiger partial charge in [0.2, 0.25) is 5.91 Å². The summed E-state index contributed by atoms with van der Waals surface area (Å²) in [6.07, 6.45) is 5.89. The van der Waals surface area contributed by atoms with E-state index < -0.39 is 0 Å². The van der Waals surface area contributed by atoms with E-state index in [1.807, 2.05) is 29.0 Å². The van der Waals surface area contributed by atoms with Crippen molar-refractivity contribution in [2.75, 3.05) is 49.1 Å². The second-order valence-corrected chi connectivity index (χ2v) is 9.96. The van der Waals surface area contributed by atoms with Gasteiger partial charge in [0, 0.05) is 58.2 Å². The number of aromatic nitrogens is 3. The molecular weight excluding hydrogens is 426 g/mol. The second kappa shape index (κ2) is 8.58. The lowest BCUT2D eigenvalue weighted by atomic mass is 9.90. The summed E-state index contributed by atoms with van der Waals surface area (Å²) in [5, 5.41) is 8.86. The molecule has 2 aromatic heterocycles. The Morgan fingerprint density at radius 1 is 1.12 bits per heavy atom. The van der Waals surface area contributed by atoms with Crippen molar-refractivity contribution in [3.63, 3.8) is 0 Å². The summed E-state index contributed by atoms with van der Waals surface area (Å²) < 4.78 is 1.84. The Kier molecular flexibility index (Phi) is 5.40. The number of piperazine rings is 1. The highest BCUT2D eigenvalue weighted by Gasteiger charge is 2.30. The number of hydrogen-bond donors (Lipinski definition) is 1. The van der Waals surface area contributed by atoms with Crippen LogP contribution in [0.5, 0.6) is 0 Å². The van der Waals surface area contributed by atoms with Gasteiger partial charge in [0.05, 0.1) is 23.3 Å². The summed E-state index contributed by atoms with van der Waals surface area (Å²) in [6, 6.07) is 9.09. The van der Waals surface area contributed by atoms with Crippen LogP contribution in [-0.4, -0.2) is 70.9 Å². The zero-order valence-electron chi connectivity index (χ0n) is 20.1. The number of aryl methyl sites for hydroxylation is 1. The van der Waals surface area contributed by atoms with Gasteiger partial charge in [-0.15, -0.1) is 0 Å². The number of anilines is 2. The molecular formula is C26H33N7O. The van der Waals surface area contributed by atoms with Crippen molar-refractivity contribution in [3.05, 3.63) is 47.8 Å². The van der Waals surface area contributed by atoms with Gasteiger partial charge in [0.1, 0.15) is 0 Å². The SMILES string of the molecule is C[C@H]1CN(c2ccnc3c2cnn3C)Cc2ccc(N3CCN(C(=O)C4CCCN4)CC3)cc21. The molecule has 5 heterocycles. The molecule has 2 saturated heterocycles. The minimum Gasteiger partial charge on any atom is -0.368 e. The normalized spacial score (nSPS) is 22.9. The maximum Gasteiger partial charge on any atom is 0.239 e. The van der Waals surface area contributed by atoms with Crippen LogP contribution >= 0.6 is 0 Å². The predicted octanol–water partition coefficient (Wildman–Crippen LogP) is 2.49. The van der Waals surface area contributed by atoms with Crippen molar-refractivity contribution in [3.8, 4) is 0 Å². The minimum atomic E-state index is 0.0346. The monoisotopic (exact) mass is 459 g/mol. The molecule has 8 nitrogen and oxygen atoms in total. The van der Waals surface area contributed by atoms with Crippen molar-refractivity contribution >= 4 is 28.3 Å². The van der Waals surface area contributed by atoms with E-state index in [0.717, 1.165) is 69.7 Å². The average molecular weight is 460 g/mol. The standard InChI is InChI=1S/C26H33N7O/c1-18-16-33(24-7-9-28-25-22(24)15-29-30(25)2)17-19-5-6-20(14-21(18)19)31-10-12-32(13-11-31)26(34)23-4-3-8-27-23/h5-7,9,14-15,18,23,27H,3-4,8,10-13,16-17H2,1-2H3/t18-,23?/m0/s1. The third-order valence-electron chi connectivity index (χ3n) is 7.78. The van der Waals surface area contributed by atoms with Gasteiger partial charge in [-0.25, -0.2) is 4.98 Å². The first kappa shape index (κ1) is 21.4. The van der Waals surface area contributed by atoms with Crippen LogP contribution in [0.2, 0.25) is 0 Å². The van der Waals surface area contributed by atoms with Gasteiger partial charge in [0.15, 0.2) is 5.65 Å². The first-order valence-corrected chi connectivity index (χ1v) is 12.5. The molecule has 0 saturated carbocycles. The molecule has 8 heteroatoms. The van der Waals surface area contributed by atoms with Crippen LogP contribution in [-0.2, 0) is 18.4 Å². The van der Waals surface area contributed by atoms with Gasteiger partial charge in [-0.2, -0.15) is 5.10 Å². The van der Waals surface area contributed by atoms with Gasteiger partial charge in [-0.05, 0) is 54.6 Å². The predicted molar refractivity (Wildman–Crippen MR) is 134 cm³/mol. The van der Waals surface area contributed by atoms with Gasteiger partial charge in [-0.1, -0.05) is 13.0 Å². The molecule has 6 rings (SSSR count). The lowest BCUT2D eigenvalue weighted by Gasteiger charge is -2.39. The van der Waals surface area contributed by atoms with Crippen LogP contribution in [0.15, 0.2) is 36.7 Å². The molecule has 2 atom stereocenters. The average Bonchev–Trinajstić information content (AvgIpc) is 3.54. The van der Waals surface area contributed by atoms with Crippen LogP contribution in [0.3, 0.4) is 0 Å². The molecule has 3 aliphatic heterocycles. The van der Waals surface area contributed by atoms with E-state index in [-0.39, 0.29) is 11.9 Å². The number of fused-ring (bicyclic) bond motifs is 2. The molecule has 0 aliphatic carbocycles. The molecule has 2 fully saturated rings. The summed E-state index contributed by atoms with van der Waals surface area (Å²) in [5.41, 5.74) is 6.24. The lowest BCUT2D eigenvalue weighted by Crippen LogP contribution is -2.53. The van der Waals surface area contributed by atoms with E-state index in [1.54, 1.807) is 0 Å². The number of nitrogens with one attached hydrogen (secondary N) is 1. The highest BCUT2D eigenvalue weighted by atomic mass is 16.2. The number of nitrogens with zero attached hydrogens (tertiary/aromatic N) is 6. The number of amides is 1. The number of rotatable bonds is 3. The van der Waals surface area contributed by atoms with Crippen LogP contribution in [0.1, 0.15) is 36.8 Å². The highest BCUT2D eigenvalue weighted by molar-refractivity contribution is 5.89. The molecule has 1 aromatic carbocycles. The van der Waals surface area contributed by atoms with Gasteiger partial charge < -0.3 is 20.0 Å². The zero-order valence-corrected chi connectivity index (χ0v) is 20.1. The summed E-state index contributed by atoms with van der Waals surface area (Å²) in [4.78, 5) is 24.2. The molecule has 0 radical (unpaired) electrons. The maximum absolute atomic E-state index is 12.7. The zero-order chi connectivity index (χ0) is 23.2. The number of hydrogen-bond acceptors (Lipinski definition) is 6. The molecule has 178 valence electrons. The Morgan fingerprint density at radius 2 is 1.97 bits per heavy atom. The molecule has 0 bridgehead atoms. The first-order valence-electron chi connectivity index (χ1n) is 12.5. The maximum atomic E-state index is 12.7. The van der Waals surface area contributed by atoms with Crippen LogP contribution in [0.4, 0.5) is 11.4 Å². The van der Waals surface area contributed by atoms with Crippen molar-refractivity contribution < 1.29 is 4.79 Å². The molecule has 0 spiro atoms. The Labute approximate surface area is 200 Å². The lowest BCUT2D eigenvalue weighted by molar-refractivity contribution is -0.133. The summed E-state index contributed by atoms with van der Waals surface area (Å²) >= 11 is 0. The fourth-order valence-electron chi connectivity index (χ4n) is 5.87. The van der Waals surface area contributed by atoms with E-state index in [4.69, 9.17) is 0 Å². The smallest absolute Gasteiger partial charge is 0.239 e. The Hall–Kier alpha value is -3.13. The minimum absolute atomic E-state index is 0.0346. The van der Waals surface area contributed by atoms with Crippen molar-refractivity contribution in [1.29, 1.82) is 0 Å². The van der Waals surface area contributed by atoms with E-state index in [1.165, 1.54) is 22.5 Å². The molecule has 3 aliphatic rings. The Balaban J connectivity index is 1.17. The summed E-state index contributed by atoms with van der Waals surface area (Å²) in [5.74, 6) is 0.718. The third-order valence-corrected chi connectivity index (χ3v) is 7.78. The Bertz CT molecular complexity index is 1210. The van der Waals surface area contributed by atoms with E-state index in [2.05, 4.69) is 56.4 Å². The van der Waals surface area contributed by atoms with Crippen molar-refractivity contribution in [2.45, 2.75) is 38.3 Å². The molecule has 1 unspecified atom stereocenters. The highest BCUT2D eigenvalue weighted by Crippen LogP contribution is 2.36. The van der Waals surface area contributed by atoms with Crippen LogP contribution < -0.4 is 15.1 Å². The fraction of sp³-hybridized carbons (Fsp3) is 0.500. The number of pyridine rings is 1. The molecule has 34 heavy (non-hydrogen) atoms. The number of benzene rings is 1. The Morgan fingerprint density at radius 3 is 2.76 bits per heavy atom. The van der Waals surface area contributed by atoms with Gasteiger partial charge >= 0.3 is 0 Å². The molecule has 1 N–H and O–H groups in total. The summed E-state index contributed by atoms with van der Waals surface area (Å²) in [7, 11) is 1.94. The van der Waals surface area contributed by atoms with E-state index in [9.17, 15) is 4.79 Å². The van der Waals surface area contributed by atoms with Gasteiger partial charge in [0.25, 0.3) is 0 Å². The van der Waals surface area contributed by atoms with E-state index in [0.29, 0.717) is 5.92 Å². The fourth-order valence-corrected chi connectivity index (χ4v) is 5.87. The van der Waals surface area contributed by atoms with Crippen LogP contribution in [0.25, 0.3) is 11.0 Å². The third kappa shape index (κ3) is 3.70. The van der Waals surface area contributed by atoms with Crippen molar-refractivity contribution in [2.24, 2.45) is 7.05 Å². The number of carbonyl (C=O) groups is 1. The molecule has 3 aromatic rings. The largest absolute Gasteiger partial charge is 0.368 e. The first-order chi connectivity index (χ1) is 16.6. The van der Waals surface area contributed by atoms with Crippen LogP contribution in [0, 0.1) is 0 Å². The van der Waals surface area contributed by atoms with E-state index >= 15 is 0 Å². The topological polar surface area (TPSA) is 69.5 Å². The second-order valence-electron chi connectivity index (χ2n) is 9.96.